The monoisotopic (exact) mass is 393 g/mol. The number of benzene rings is 1. The zero-order valence-corrected chi connectivity index (χ0v) is 16.2. The molecule has 3 aromatic rings. The molecule has 0 spiro atoms. The van der Waals surface area contributed by atoms with Crippen LogP contribution in [-0.2, 0) is 11.3 Å². The molecule has 0 saturated heterocycles. The largest absolute Gasteiger partial charge is 0.488 e. The number of nitrogens with one attached hydrogen (secondary N) is 1. The topological polar surface area (TPSA) is 77.2 Å². The molecule has 28 heavy (non-hydrogen) atoms. The van der Waals surface area contributed by atoms with Crippen molar-refractivity contribution in [1.82, 2.24) is 10.1 Å². The van der Waals surface area contributed by atoms with Crippen molar-refractivity contribution >= 4 is 22.9 Å². The summed E-state index contributed by atoms with van der Waals surface area (Å²) in [5, 5.41) is 8.76. The van der Waals surface area contributed by atoms with Crippen LogP contribution in [-0.4, -0.2) is 16.0 Å². The van der Waals surface area contributed by atoms with E-state index < -0.39 is 0 Å². The molecule has 6 nitrogen and oxygen atoms in total. The number of ether oxygens (including phenoxy) is 1. The van der Waals surface area contributed by atoms with Gasteiger partial charge in [0.25, 0.3) is 11.8 Å². The molecular formula is C21H19N3O3S. The highest BCUT2D eigenvalue weighted by atomic mass is 32.1. The van der Waals surface area contributed by atoms with E-state index in [-0.39, 0.29) is 12.5 Å². The number of aromatic nitrogens is 2. The molecule has 1 N–H and O–H groups in total. The number of carbonyl (C=O) groups excluding carboxylic acids is 1. The fourth-order valence-corrected chi connectivity index (χ4v) is 3.45. The zero-order chi connectivity index (χ0) is 19.3. The van der Waals surface area contributed by atoms with Gasteiger partial charge in [-0.25, -0.2) is 0 Å². The average molecular weight is 393 g/mol. The van der Waals surface area contributed by atoms with Crippen LogP contribution in [0.2, 0.25) is 0 Å². The summed E-state index contributed by atoms with van der Waals surface area (Å²) in [5.41, 5.74) is 2.65. The molecule has 1 aliphatic rings. The van der Waals surface area contributed by atoms with Gasteiger partial charge in [0.1, 0.15) is 0 Å². The van der Waals surface area contributed by atoms with Crippen LogP contribution in [0.3, 0.4) is 0 Å². The van der Waals surface area contributed by atoms with Gasteiger partial charge < -0.3 is 14.6 Å². The third-order valence-corrected chi connectivity index (χ3v) is 5.20. The minimum absolute atomic E-state index is 0.121. The number of hydrogen-bond donors (Lipinski definition) is 1. The van der Waals surface area contributed by atoms with Crippen LogP contribution < -0.4 is 5.32 Å². The normalized spacial score (nSPS) is 13.6. The number of amides is 1. The molecule has 1 amide bonds. The third-order valence-electron chi connectivity index (χ3n) is 4.33. The van der Waals surface area contributed by atoms with E-state index in [1.807, 2.05) is 42.6 Å². The van der Waals surface area contributed by atoms with Gasteiger partial charge in [-0.1, -0.05) is 23.4 Å². The summed E-state index contributed by atoms with van der Waals surface area (Å²) < 4.78 is 11.1. The first-order valence-corrected chi connectivity index (χ1v) is 9.84. The summed E-state index contributed by atoms with van der Waals surface area (Å²) in [6.07, 6.45) is 6.08. The number of allylic oxidation sites excluding steroid dienone is 4. The maximum atomic E-state index is 12.1. The molecule has 142 valence electrons. The van der Waals surface area contributed by atoms with E-state index in [0.29, 0.717) is 22.3 Å². The van der Waals surface area contributed by atoms with Crippen LogP contribution in [0.1, 0.15) is 35.3 Å². The van der Waals surface area contributed by atoms with Crippen LogP contribution in [0.5, 0.6) is 0 Å². The summed E-state index contributed by atoms with van der Waals surface area (Å²) in [6, 6.07) is 11.0. The number of thiophene rings is 1. The second kappa shape index (κ2) is 8.22. The SMILES string of the molecule is CC1=C(OCc2nc(-c3ccc(NC(=O)c4cccs4)cc3)no2)CCC=C1. The molecule has 1 aromatic carbocycles. The lowest BCUT2D eigenvalue weighted by Gasteiger charge is -2.13. The molecule has 0 unspecified atom stereocenters. The summed E-state index contributed by atoms with van der Waals surface area (Å²) in [7, 11) is 0. The molecule has 0 aliphatic heterocycles. The average Bonchev–Trinajstić information content (AvgIpc) is 3.40. The lowest BCUT2D eigenvalue weighted by molar-refractivity contribution is 0.103. The highest BCUT2D eigenvalue weighted by molar-refractivity contribution is 7.12. The predicted molar refractivity (Wildman–Crippen MR) is 108 cm³/mol. The van der Waals surface area contributed by atoms with Crippen LogP contribution in [0.15, 0.2) is 69.8 Å². The molecule has 0 fully saturated rings. The zero-order valence-electron chi connectivity index (χ0n) is 15.3. The summed E-state index contributed by atoms with van der Waals surface area (Å²) >= 11 is 1.40. The van der Waals surface area contributed by atoms with E-state index in [9.17, 15) is 4.79 Å². The Morgan fingerprint density at radius 3 is 2.89 bits per heavy atom. The fraction of sp³-hybridized carbons (Fsp3) is 0.190. The minimum atomic E-state index is -0.121. The van der Waals surface area contributed by atoms with Gasteiger partial charge in [0.2, 0.25) is 5.82 Å². The summed E-state index contributed by atoms with van der Waals surface area (Å²) in [4.78, 5) is 17.2. The van der Waals surface area contributed by atoms with Gasteiger partial charge in [0.05, 0.1) is 10.6 Å². The van der Waals surface area contributed by atoms with E-state index in [1.165, 1.54) is 11.3 Å². The van der Waals surface area contributed by atoms with Crippen molar-refractivity contribution in [3.8, 4) is 11.4 Å². The van der Waals surface area contributed by atoms with E-state index >= 15 is 0 Å². The third kappa shape index (κ3) is 4.20. The molecule has 0 saturated carbocycles. The first-order valence-electron chi connectivity index (χ1n) is 8.96. The van der Waals surface area contributed by atoms with Gasteiger partial charge >= 0.3 is 0 Å². The number of nitrogens with zero attached hydrogens (tertiary/aromatic N) is 2. The second-order valence-corrected chi connectivity index (χ2v) is 7.30. The smallest absolute Gasteiger partial charge is 0.265 e. The van der Waals surface area contributed by atoms with Gasteiger partial charge in [-0.2, -0.15) is 4.98 Å². The fourth-order valence-electron chi connectivity index (χ4n) is 2.83. The highest BCUT2D eigenvalue weighted by Crippen LogP contribution is 2.23. The Hall–Kier alpha value is -3.19. The van der Waals surface area contributed by atoms with Crippen molar-refractivity contribution in [3.05, 3.63) is 76.0 Å². The van der Waals surface area contributed by atoms with Gasteiger partial charge in [-0.15, -0.1) is 11.3 Å². The predicted octanol–water partition coefficient (Wildman–Crippen LogP) is 5.19. The van der Waals surface area contributed by atoms with Crippen molar-refractivity contribution in [1.29, 1.82) is 0 Å². The number of anilines is 1. The molecule has 2 heterocycles. The Kier molecular flexibility index (Phi) is 5.34. The number of hydrogen-bond acceptors (Lipinski definition) is 6. The Morgan fingerprint density at radius 1 is 1.29 bits per heavy atom. The standard InChI is InChI=1S/C21H19N3O3S/c1-14-5-2-3-6-17(14)26-13-19-23-20(24-27-19)15-8-10-16(11-9-15)22-21(25)18-7-4-12-28-18/h2,4-5,7-12H,3,6,13H2,1H3,(H,22,25). The van der Waals surface area contributed by atoms with Gasteiger partial charge in [-0.05, 0) is 54.6 Å². The molecule has 0 atom stereocenters. The van der Waals surface area contributed by atoms with Crippen molar-refractivity contribution in [2.75, 3.05) is 5.32 Å². The number of carbonyl (C=O) groups is 1. The van der Waals surface area contributed by atoms with E-state index in [1.54, 1.807) is 6.07 Å². The molecule has 0 bridgehead atoms. The lowest BCUT2D eigenvalue weighted by Crippen LogP contribution is -2.09. The molecule has 1 aliphatic carbocycles. The van der Waals surface area contributed by atoms with Gasteiger partial charge in [0, 0.05) is 17.7 Å². The molecular weight excluding hydrogens is 374 g/mol. The quantitative estimate of drug-likeness (QED) is 0.623. The Balaban J connectivity index is 1.38. The van der Waals surface area contributed by atoms with Crippen LogP contribution >= 0.6 is 11.3 Å². The second-order valence-electron chi connectivity index (χ2n) is 6.36. The lowest BCUT2D eigenvalue weighted by atomic mass is 10.1. The first-order chi connectivity index (χ1) is 13.7. The highest BCUT2D eigenvalue weighted by Gasteiger charge is 2.12. The van der Waals surface area contributed by atoms with Gasteiger partial charge in [-0.3, -0.25) is 4.79 Å². The summed E-state index contributed by atoms with van der Waals surface area (Å²) in [6.45, 7) is 2.28. The van der Waals surface area contributed by atoms with E-state index in [2.05, 4.69) is 27.6 Å². The van der Waals surface area contributed by atoms with Crippen LogP contribution in [0.25, 0.3) is 11.4 Å². The Bertz CT molecular complexity index is 1020. The first kappa shape index (κ1) is 18.2. The molecule has 7 heteroatoms. The number of rotatable bonds is 6. The van der Waals surface area contributed by atoms with Gasteiger partial charge in [0.15, 0.2) is 6.61 Å². The maximum absolute atomic E-state index is 12.1. The van der Waals surface area contributed by atoms with Crippen molar-refractivity contribution < 1.29 is 14.1 Å². The summed E-state index contributed by atoms with van der Waals surface area (Å²) in [5.74, 6) is 1.76. The van der Waals surface area contributed by atoms with Crippen molar-refractivity contribution in [2.24, 2.45) is 0 Å². The van der Waals surface area contributed by atoms with Crippen molar-refractivity contribution in [3.63, 3.8) is 0 Å². The minimum Gasteiger partial charge on any atom is -0.488 e. The van der Waals surface area contributed by atoms with E-state index in [0.717, 1.165) is 29.7 Å². The molecule has 4 rings (SSSR count). The Morgan fingerprint density at radius 2 is 2.14 bits per heavy atom. The van der Waals surface area contributed by atoms with Crippen molar-refractivity contribution in [2.45, 2.75) is 26.4 Å². The molecule has 2 aromatic heterocycles. The Labute approximate surface area is 166 Å². The molecule has 0 radical (unpaired) electrons. The van der Waals surface area contributed by atoms with Crippen LogP contribution in [0.4, 0.5) is 5.69 Å². The van der Waals surface area contributed by atoms with Crippen LogP contribution in [0, 0.1) is 0 Å². The maximum Gasteiger partial charge on any atom is 0.265 e. The van der Waals surface area contributed by atoms with E-state index in [4.69, 9.17) is 9.26 Å².